The molecule has 0 aliphatic carbocycles. The Labute approximate surface area is 189 Å². The molecule has 5 heteroatoms. The van der Waals surface area contributed by atoms with Gasteiger partial charge in [0.25, 0.3) is 0 Å². The van der Waals surface area contributed by atoms with E-state index in [1.807, 2.05) is 67.6 Å². The van der Waals surface area contributed by atoms with Crippen molar-refractivity contribution in [1.82, 2.24) is 0 Å². The maximum absolute atomic E-state index is 12.4. The van der Waals surface area contributed by atoms with Crippen molar-refractivity contribution in [1.29, 1.82) is 0 Å². The number of ketones is 1. The molecule has 3 rings (SSSR count). The summed E-state index contributed by atoms with van der Waals surface area (Å²) in [7, 11) is 1.60. The predicted molar refractivity (Wildman–Crippen MR) is 126 cm³/mol. The Kier molecular flexibility index (Phi) is 7.34. The lowest BCUT2D eigenvalue weighted by Gasteiger charge is -2.14. The Morgan fingerprint density at radius 2 is 1.76 bits per heavy atom. The van der Waals surface area contributed by atoms with Crippen LogP contribution in [0.5, 0.6) is 11.5 Å². The first-order valence-electron chi connectivity index (χ1n) is 9.00. The van der Waals surface area contributed by atoms with E-state index in [9.17, 15) is 4.79 Å². The van der Waals surface area contributed by atoms with Gasteiger partial charge in [-0.2, -0.15) is 0 Å². The van der Waals surface area contributed by atoms with Crippen molar-refractivity contribution < 1.29 is 14.3 Å². The van der Waals surface area contributed by atoms with Crippen molar-refractivity contribution in [2.75, 3.05) is 7.11 Å². The zero-order chi connectivity index (χ0) is 20.8. The van der Waals surface area contributed by atoms with Crippen LogP contribution in [0.1, 0.15) is 27.0 Å². The molecule has 0 aromatic heterocycles. The van der Waals surface area contributed by atoms with Crippen molar-refractivity contribution in [2.24, 2.45) is 0 Å². The second-order valence-electron chi connectivity index (χ2n) is 6.51. The van der Waals surface area contributed by atoms with Crippen LogP contribution in [0, 0.1) is 10.5 Å². The van der Waals surface area contributed by atoms with E-state index in [0.29, 0.717) is 28.7 Å². The number of hydrogen-bond donors (Lipinski definition) is 0. The van der Waals surface area contributed by atoms with Gasteiger partial charge in [0.1, 0.15) is 6.61 Å². The number of methoxy groups -OCH3 is 1. The van der Waals surface area contributed by atoms with Crippen molar-refractivity contribution >= 4 is 46.1 Å². The SMILES string of the molecule is COc1cc(/C=C/C(=O)c2ccc(C)cc2)cc(I)c1OCc1ccc(Cl)cc1. The van der Waals surface area contributed by atoms with Crippen molar-refractivity contribution in [3.8, 4) is 11.5 Å². The molecule has 0 unspecified atom stereocenters. The molecule has 0 N–H and O–H groups in total. The molecule has 0 bridgehead atoms. The van der Waals surface area contributed by atoms with Gasteiger partial charge < -0.3 is 9.47 Å². The topological polar surface area (TPSA) is 35.5 Å². The summed E-state index contributed by atoms with van der Waals surface area (Å²) in [4.78, 5) is 12.4. The van der Waals surface area contributed by atoms with Crippen LogP contribution >= 0.6 is 34.2 Å². The Morgan fingerprint density at radius 3 is 2.41 bits per heavy atom. The number of carbonyl (C=O) groups is 1. The highest BCUT2D eigenvalue weighted by Gasteiger charge is 2.12. The molecule has 3 aromatic rings. The Bertz CT molecular complexity index is 1030. The van der Waals surface area contributed by atoms with Crippen LogP contribution < -0.4 is 9.47 Å². The normalized spacial score (nSPS) is 10.9. The van der Waals surface area contributed by atoms with Crippen molar-refractivity contribution in [3.63, 3.8) is 0 Å². The zero-order valence-corrected chi connectivity index (χ0v) is 19.0. The quantitative estimate of drug-likeness (QED) is 0.197. The molecule has 0 amide bonds. The number of aryl methyl sites for hydroxylation is 1. The van der Waals surface area contributed by atoms with Crippen molar-refractivity contribution in [3.05, 3.63) is 97.6 Å². The van der Waals surface area contributed by atoms with E-state index in [4.69, 9.17) is 21.1 Å². The van der Waals surface area contributed by atoms with Gasteiger partial charge in [0.2, 0.25) is 0 Å². The minimum absolute atomic E-state index is 0.0398. The second-order valence-corrected chi connectivity index (χ2v) is 8.11. The third-order valence-corrected chi connectivity index (χ3v) is 5.36. The van der Waals surface area contributed by atoms with E-state index in [-0.39, 0.29) is 5.78 Å². The standard InChI is InChI=1S/C24H20ClIO3/c1-16-3-8-19(9-4-16)22(27)12-7-18-13-21(26)24(23(14-18)28-2)29-15-17-5-10-20(25)11-6-17/h3-14H,15H2,1-2H3/b12-7+. The van der Waals surface area contributed by atoms with Gasteiger partial charge >= 0.3 is 0 Å². The third-order valence-electron chi connectivity index (χ3n) is 4.31. The Hall–Kier alpha value is -2.31. The summed E-state index contributed by atoms with van der Waals surface area (Å²) in [5, 5.41) is 0.692. The molecule has 0 saturated carbocycles. The first-order chi connectivity index (χ1) is 14.0. The smallest absolute Gasteiger partial charge is 0.185 e. The van der Waals surface area contributed by atoms with Gasteiger partial charge in [0.05, 0.1) is 10.7 Å². The summed E-state index contributed by atoms with van der Waals surface area (Å²) in [6, 6.07) is 18.9. The molecule has 0 fully saturated rings. The largest absolute Gasteiger partial charge is 0.493 e. The highest BCUT2D eigenvalue weighted by molar-refractivity contribution is 14.1. The molecule has 0 saturated heterocycles. The van der Waals surface area contributed by atoms with E-state index in [2.05, 4.69) is 22.6 Å². The second kappa shape index (κ2) is 9.94. The molecular weight excluding hydrogens is 499 g/mol. The molecule has 0 aliphatic heterocycles. The summed E-state index contributed by atoms with van der Waals surface area (Å²) < 4.78 is 12.4. The predicted octanol–water partition coefficient (Wildman–Crippen LogP) is 6.74. The van der Waals surface area contributed by atoms with Gasteiger partial charge in [0.15, 0.2) is 17.3 Å². The van der Waals surface area contributed by atoms with E-state index >= 15 is 0 Å². The number of benzene rings is 3. The number of ether oxygens (including phenoxy) is 2. The van der Waals surface area contributed by atoms with Crippen LogP contribution in [-0.2, 0) is 6.61 Å². The molecule has 0 aliphatic rings. The average Bonchev–Trinajstić information content (AvgIpc) is 2.72. The minimum Gasteiger partial charge on any atom is -0.493 e. The highest BCUT2D eigenvalue weighted by Crippen LogP contribution is 2.35. The lowest BCUT2D eigenvalue weighted by atomic mass is 10.1. The summed E-state index contributed by atoms with van der Waals surface area (Å²) >= 11 is 8.13. The van der Waals surface area contributed by atoms with Crippen LogP contribution in [-0.4, -0.2) is 12.9 Å². The van der Waals surface area contributed by atoms with Gasteiger partial charge in [-0.15, -0.1) is 0 Å². The maximum atomic E-state index is 12.4. The number of allylic oxidation sites excluding steroid dienone is 1. The number of halogens is 2. The van der Waals surface area contributed by atoms with Crippen LogP contribution in [0.15, 0.2) is 66.7 Å². The maximum Gasteiger partial charge on any atom is 0.185 e. The fourth-order valence-electron chi connectivity index (χ4n) is 2.70. The van der Waals surface area contributed by atoms with Gasteiger partial charge in [-0.05, 0) is 71.0 Å². The third kappa shape index (κ3) is 5.84. The van der Waals surface area contributed by atoms with E-state index in [1.165, 1.54) is 0 Å². The number of rotatable bonds is 7. The molecule has 0 heterocycles. The fourth-order valence-corrected chi connectivity index (χ4v) is 3.61. The first-order valence-corrected chi connectivity index (χ1v) is 10.5. The molecule has 0 radical (unpaired) electrons. The van der Waals surface area contributed by atoms with Gasteiger partial charge in [-0.1, -0.05) is 59.6 Å². The van der Waals surface area contributed by atoms with Crippen LogP contribution in [0.2, 0.25) is 5.02 Å². The summed E-state index contributed by atoms with van der Waals surface area (Å²) in [5.74, 6) is 1.25. The molecule has 29 heavy (non-hydrogen) atoms. The van der Waals surface area contributed by atoms with Gasteiger partial charge in [-0.25, -0.2) is 0 Å². The lowest BCUT2D eigenvalue weighted by Crippen LogP contribution is -2.00. The molecular formula is C24H20ClIO3. The molecule has 3 nitrogen and oxygen atoms in total. The minimum atomic E-state index is -0.0398. The summed E-state index contributed by atoms with van der Waals surface area (Å²) in [5.41, 5.74) is 3.67. The molecule has 0 atom stereocenters. The average molecular weight is 519 g/mol. The fraction of sp³-hybridized carbons (Fsp3) is 0.125. The first kappa shape index (κ1) is 21.4. The Balaban J connectivity index is 1.75. The zero-order valence-electron chi connectivity index (χ0n) is 16.1. The molecule has 148 valence electrons. The van der Waals surface area contributed by atoms with E-state index < -0.39 is 0 Å². The van der Waals surface area contributed by atoms with Crippen LogP contribution in [0.4, 0.5) is 0 Å². The Morgan fingerprint density at radius 1 is 1.07 bits per heavy atom. The summed E-state index contributed by atoms with van der Waals surface area (Å²) in [6.07, 6.45) is 3.36. The lowest BCUT2D eigenvalue weighted by molar-refractivity contribution is 0.104. The summed E-state index contributed by atoms with van der Waals surface area (Å²) in [6.45, 7) is 2.40. The van der Waals surface area contributed by atoms with Gasteiger partial charge in [0, 0.05) is 10.6 Å². The number of carbonyl (C=O) groups excluding carboxylic acids is 1. The van der Waals surface area contributed by atoms with Gasteiger partial charge in [-0.3, -0.25) is 4.79 Å². The number of hydrogen-bond acceptors (Lipinski definition) is 3. The molecule has 0 spiro atoms. The van der Waals surface area contributed by atoms with Crippen LogP contribution in [0.3, 0.4) is 0 Å². The van der Waals surface area contributed by atoms with Crippen LogP contribution in [0.25, 0.3) is 6.08 Å². The highest BCUT2D eigenvalue weighted by atomic mass is 127. The molecule has 3 aromatic carbocycles. The van der Waals surface area contributed by atoms with Crippen molar-refractivity contribution in [2.45, 2.75) is 13.5 Å². The monoisotopic (exact) mass is 518 g/mol. The van der Waals surface area contributed by atoms with E-state index in [1.54, 1.807) is 19.3 Å². The van der Waals surface area contributed by atoms with E-state index in [0.717, 1.165) is 20.3 Å².